The number of aliphatic hydroxyl groups excluding tert-OH is 4. The fourth-order valence-electron chi connectivity index (χ4n) is 9.04. The third kappa shape index (κ3) is 35.9. The molecule has 1 rings (SSSR count). The second-order valence-corrected chi connectivity index (χ2v) is 20.6. The molecule has 6 N–H and O–H groups in total. The zero-order chi connectivity index (χ0) is 48.4. The van der Waals surface area contributed by atoms with Crippen molar-refractivity contribution in [1.82, 2.24) is 5.32 Å². The summed E-state index contributed by atoms with van der Waals surface area (Å²) in [7, 11) is -5.08. The summed E-state index contributed by atoms with van der Waals surface area (Å²) < 4.78 is 47.8. The lowest BCUT2D eigenvalue weighted by atomic mass is 9.99. The molecule has 7 unspecified atom stereocenters. The number of aliphatic hydroxyl groups is 4. The zero-order valence-electron chi connectivity index (χ0n) is 42.3. The molecular formula is C53H103NO11S. The van der Waals surface area contributed by atoms with E-state index in [9.17, 15) is 38.2 Å². The highest BCUT2D eigenvalue weighted by molar-refractivity contribution is 7.80. The predicted molar refractivity (Wildman–Crippen MR) is 269 cm³/mol. The van der Waals surface area contributed by atoms with E-state index in [0.29, 0.717) is 12.8 Å². The largest absolute Gasteiger partial charge is 0.397 e. The minimum Gasteiger partial charge on any atom is -0.394 e. The van der Waals surface area contributed by atoms with Crippen LogP contribution in [0.25, 0.3) is 0 Å². The highest BCUT2D eigenvalue weighted by atomic mass is 32.3. The molecule has 0 saturated carbocycles. The van der Waals surface area contributed by atoms with Crippen LogP contribution in [0.2, 0.25) is 0 Å². The maximum Gasteiger partial charge on any atom is 0.397 e. The number of rotatable bonds is 48. The molecule has 7 atom stereocenters. The van der Waals surface area contributed by atoms with Gasteiger partial charge in [0.05, 0.1) is 25.4 Å². The van der Waals surface area contributed by atoms with Crippen molar-refractivity contribution in [3.05, 3.63) is 12.2 Å². The van der Waals surface area contributed by atoms with Crippen LogP contribution in [0.4, 0.5) is 0 Å². The van der Waals surface area contributed by atoms with Gasteiger partial charge in [0.2, 0.25) is 5.91 Å². The van der Waals surface area contributed by atoms with E-state index in [1.165, 1.54) is 180 Å². The van der Waals surface area contributed by atoms with Crippen molar-refractivity contribution < 1.29 is 51.8 Å². The first-order chi connectivity index (χ1) is 32.0. The van der Waals surface area contributed by atoms with Crippen molar-refractivity contribution in [2.24, 2.45) is 0 Å². The molecule has 1 aliphatic heterocycles. The Balaban J connectivity index is 2.38. The maximum absolute atomic E-state index is 13.1. The molecule has 0 bridgehead atoms. The minimum absolute atomic E-state index is 0.230. The summed E-state index contributed by atoms with van der Waals surface area (Å²) >= 11 is 0. The smallest absolute Gasteiger partial charge is 0.394 e. The topological polar surface area (TPSA) is 192 Å². The third-order valence-corrected chi connectivity index (χ3v) is 13.8. The summed E-state index contributed by atoms with van der Waals surface area (Å²) in [6.07, 6.45) is 42.1. The Hall–Kier alpha value is -1.16. The fraction of sp³-hybridized carbons (Fsp3) is 0.943. The molecule has 1 aliphatic rings. The monoisotopic (exact) mass is 962 g/mol. The van der Waals surface area contributed by atoms with Crippen LogP contribution in [-0.4, -0.2) is 95.4 Å². The average Bonchev–Trinajstić information content (AvgIpc) is 3.29. The number of amides is 1. The van der Waals surface area contributed by atoms with Gasteiger partial charge in [-0.1, -0.05) is 231 Å². The van der Waals surface area contributed by atoms with Crippen molar-refractivity contribution in [1.29, 1.82) is 0 Å². The van der Waals surface area contributed by atoms with E-state index >= 15 is 0 Å². The summed E-state index contributed by atoms with van der Waals surface area (Å²) in [5.41, 5.74) is 0. The standard InChI is InChI=1S/C53H103NO11S/c1-3-5-7-9-11-13-15-17-19-21-22-23-24-25-27-29-31-33-35-37-39-41-43-49(57)54-46(45-63-53-51(59)52(65-66(60,61)62)50(58)48(44-55)64-53)47(56)42-40-38-36-34-32-30-28-26-20-18-16-14-12-10-8-6-4-2/h24-25,46-48,50-53,55-56,58-59H,3-23,26-45H2,1-2H3,(H,54,57)(H,60,61,62)/b25-24-. The lowest BCUT2D eigenvalue weighted by Crippen LogP contribution is -2.61. The number of hydrogen-bond donors (Lipinski definition) is 6. The first-order valence-electron chi connectivity index (χ1n) is 27.6. The Morgan fingerprint density at radius 3 is 1.36 bits per heavy atom. The number of carbonyl (C=O) groups excluding carboxylic acids is 1. The molecular weight excluding hydrogens is 859 g/mol. The van der Waals surface area contributed by atoms with Gasteiger partial charge in [-0.05, 0) is 38.5 Å². The van der Waals surface area contributed by atoms with Gasteiger partial charge in [-0.3, -0.25) is 9.35 Å². The Bertz CT molecular complexity index is 1220. The highest BCUT2D eigenvalue weighted by Gasteiger charge is 2.48. The second kappa shape index (κ2) is 43.8. The van der Waals surface area contributed by atoms with Crippen LogP contribution in [0.15, 0.2) is 12.2 Å². The molecule has 0 aromatic carbocycles. The molecule has 12 nitrogen and oxygen atoms in total. The lowest BCUT2D eigenvalue weighted by molar-refractivity contribution is -0.298. The second-order valence-electron chi connectivity index (χ2n) is 19.5. The van der Waals surface area contributed by atoms with Crippen LogP contribution in [0, 0.1) is 0 Å². The number of carbonyl (C=O) groups is 1. The van der Waals surface area contributed by atoms with Crippen molar-refractivity contribution in [2.45, 2.75) is 307 Å². The number of hydrogen-bond acceptors (Lipinski definition) is 10. The van der Waals surface area contributed by atoms with Crippen LogP contribution in [0.5, 0.6) is 0 Å². The number of unbranched alkanes of at least 4 members (excludes halogenated alkanes) is 34. The van der Waals surface area contributed by atoms with Gasteiger partial charge in [-0.15, -0.1) is 0 Å². The van der Waals surface area contributed by atoms with Gasteiger partial charge < -0.3 is 35.2 Å². The fourth-order valence-corrected chi connectivity index (χ4v) is 9.55. The highest BCUT2D eigenvalue weighted by Crippen LogP contribution is 2.26. The third-order valence-electron chi connectivity index (χ3n) is 13.3. The molecule has 1 saturated heterocycles. The van der Waals surface area contributed by atoms with Crippen LogP contribution >= 0.6 is 0 Å². The molecule has 1 heterocycles. The van der Waals surface area contributed by atoms with Gasteiger partial charge in [0.15, 0.2) is 6.29 Å². The minimum atomic E-state index is -5.08. The van der Waals surface area contributed by atoms with Gasteiger partial charge in [-0.2, -0.15) is 8.42 Å². The normalized spacial score (nSPS) is 20.0. The molecule has 392 valence electrons. The first-order valence-corrected chi connectivity index (χ1v) is 28.9. The van der Waals surface area contributed by atoms with Crippen molar-refractivity contribution in [3.63, 3.8) is 0 Å². The lowest BCUT2D eigenvalue weighted by Gasteiger charge is -2.41. The summed E-state index contributed by atoms with van der Waals surface area (Å²) in [5, 5.41) is 45.0. The van der Waals surface area contributed by atoms with E-state index in [4.69, 9.17) is 9.47 Å². The van der Waals surface area contributed by atoms with Gasteiger partial charge in [0, 0.05) is 6.42 Å². The Morgan fingerprint density at radius 2 is 0.970 bits per heavy atom. The molecule has 0 aromatic rings. The maximum atomic E-state index is 13.1. The van der Waals surface area contributed by atoms with E-state index in [2.05, 4.69) is 35.5 Å². The number of ether oxygens (including phenoxy) is 2. The molecule has 1 fully saturated rings. The molecule has 0 aromatic heterocycles. The Labute approximate surface area is 404 Å². The molecule has 13 heteroatoms. The summed E-state index contributed by atoms with van der Waals surface area (Å²) in [5.74, 6) is -0.230. The Morgan fingerprint density at radius 1 is 0.591 bits per heavy atom. The van der Waals surface area contributed by atoms with Crippen molar-refractivity contribution in [3.8, 4) is 0 Å². The van der Waals surface area contributed by atoms with Crippen LogP contribution < -0.4 is 5.32 Å². The Kier molecular flexibility index (Phi) is 41.7. The quantitative estimate of drug-likeness (QED) is 0.0193. The molecule has 0 radical (unpaired) electrons. The first kappa shape index (κ1) is 62.9. The van der Waals surface area contributed by atoms with Gasteiger partial charge in [-0.25, -0.2) is 4.18 Å². The van der Waals surface area contributed by atoms with Gasteiger partial charge in [0.25, 0.3) is 0 Å². The van der Waals surface area contributed by atoms with Crippen molar-refractivity contribution in [2.75, 3.05) is 13.2 Å². The van der Waals surface area contributed by atoms with Gasteiger partial charge >= 0.3 is 10.4 Å². The van der Waals surface area contributed by atoms with Gasteiger partial charge in [0.1, 0.15) is 24.4 Å². The average molecular weight is 962 g/mol. The van der Waals surface area contributed by atoms with Crippen LogP contribution in [0.3, 0.4) is 0 Å². The van der Waals surface area contributed by atoms with E-state index < -0.39 is 59.9 Å². The zero-order valence-corrected chi connectivity index (χ0v) is 43.1. The summed E-state index contributed by atoms with van der Waals surface area (Å²) in [6, 6.07) is -0.858. The molecule has 0 spiro atoms. The van der Waals surface area contributed by atoms with Crippen molar-refractivity contribution >= 4 is 16.3 Å². The van der Waals surface area contributed by atoms with E-state index in [0.717, 1.165) is 51.4 Å². The summed E-state index contributed by atoms with van der Waals surface area (Å²) in [4.78, 5) is 13.1. The van der Waals surface area contributed by atoms with E-state index in [1.807, 2.05) is 0 Å². The summed E-state index contributed by atoms with van der Waals surface area (Å²) in [6.45, 7) is 3.48. The predicted octanol–water partition coefficient (Wildman–Crippen LogP) is 12.3. The van der Waals surface area contributed by atoms with E-state index in [1.54, 1.807) is 0 Å². The number of nitrogens with one attached hydrogen (secondary N) is 1. The van der Waals surface area contributed by atoms with E-state index in [-0.39, 0.29) is 18.9 Å². The van der Waals surface area contributed by atoms with Crippen LogP contribution in [-0.2, 0) is 28.9 Å². The molecule has 1 amide bonds. The molecule has 0 aliphatic carbocycles. The number of allylic oxidation sites excluding steroid dienone is 2. The molecule has 66 heavy (non-hydrogen) atoms. The van der Waals surface area contributed by atoms with Crippen LogP contribution in [0.1, 0.15) is 264 Å². The SMILES string of the molecule is CCCCCCCCCCCCC/C=C\CCCCCCCCCC(=O)NC(COC1OC(CO)C(O)C(OS(=O)(=O)O)C1O)C(O)CCCCCCCCCCCCCCCCCCC.